The lowest BCUT2D eigenvalue weighted by Gasteiger charge is -2.32. The number of carbonyl (C=O) groups is 1. The first-order valence-electron chi connectivity index (χ1n) is 8.46. The zero-order valence-corrected chi connectivity index (χ0v) is 14.0. The third-order valence-corrected chi connectivity index (χ3v) is 4.91. The first kappa shape index (κ1) is 15.7. The van der Waals surface area contributed by atoms with Gasteiger partial charge >= 0.3 is 0 Å². The minimum atomic E-state index is -0.380. The molecule has 128 valence electrons. The van der Waals surface area contributed by atoms with Crippen LogP contribution in [-0.2, 0) is 0 Å². The van der Waals surface area contributed by atoms with Crippen LogP contribution in [0.1, 0.15) is 40.6 Å². The van der Waals surface area contributed by atoms with Crippen LogP contribution in [0.5, 0.6) is 0 Å². The summed E-state index contributed by atoms with van der Waals surface area (Å²) in [6.07, 6.45) is 7.26. The van der Waals surface area contributed by atoms with Crippen molar-refractivity contribution in [3.05, 3.63) is 65.8 Å². The maximum absolute atomic E-state index is 13.3. The molecule has 0 bridgehead atoms. The molecule has 4 rings (SSSR count). The van der Waals surface area contributed by atoms with Crippen LogP contribution in [0.15, 0.2) is 42.9 Å². The fraction of sp³-hybridized carbons (Fsp3) is 0.316. The summed E-state index contributed by atoms with van der Waals surface area (Å²) in [5, 5.41) is 0. The summed E-state index contributed by atoms with van der Waals surface area (Å²) in [6.45, 7) is 3.30. The topological polar surface area (TPSA) is 50.5 Å². The molecule has 25 heavy (non-hydrogen) atoms. The van der Waals surface area contributed by atoms with Crippen molar-refractivity contribution in [1.82, 2.24) is 19.3 Å². The van der Waals surface area contributed by atoms with E-state index in [1.165, 1.54) is 12.1 Å². The first-order chi connectivity index (χ1) is 12.1. The number of aromatic nitrogens is 3. The van der Waals surface area contributed by atoms with Gasteiger partial charge in [0, 0.05) is 36.5 Å². The van der Waals surface area contributed by atoms with Crippen LogP contribution in [0, 0.1) is 12.7 Å². The van der Waals surface area contributed by atoms with Gasteiger partial charge < -0.3 is 4.90 Å². The maximum Gasteiger partial charge on any atom is 0.253 e. The third-order valence-electron chi connectivity index (χ3n) is 4.91. The van der Waals surface area contributed by atoms with Gasteiger partial charge in [-0.25, -0.2) is 9.37 Å². The van der Waals surface area contributed by atoms with E-state index in [2.05, 4.69) is 14.4 Å². The van der Waals surface area contributed by atoms with Gasteiger partial charge in [-0.2, -0.15) is 0 Å². The van der Waals surface area contributed by atoms with Crippen molar-refractivity contribution in [3.63, 3.8) is 0 Å². The Morgan fingerprint density at radius 3 is 2.76 bits per heavy atom. The molecule has 0 radical (unpaired) electrons. The molecular formula is C19H19FN4O. The predicted molar refractivity (Wildman–Crippen MR) is 92.0 cm³/mol. The van der Waals surface area contributed by atoms with Gasteiger partial charge in [-0.1, -0.05) is 6.07 Å². The smallest absolute Gasteiger partial charge is 0.253 e. The highest BCUT2D eigenvalue weighted by Gasteiger charge is 2.26. The van der Waals surface area contributed by atoms with Crippen molar-refractivity contribution in [1.29, 1.82) is 0 Å². The highest BCUT2D eigenvalue weighted by molar-refractivity contribution is 5.94. The van der Waals surface area contributed by atoms with Crippen LogP contribution < -0.4 is 0 Å². The van der Waals surface area contributed by atoms with E-state index in [4.69, 9.17) is 0 Å². The van der Waals surface area contributed by atoms with Crippen molar-refractivity contribution in [2.75, 3.05) is 13.1 Å². The second kappa shape index (κ2) is 6.27. The number of carbonyl (C=O) groups excluding carboxylic acids is 1. The van der Waals surface area contributed by atoms with Crippen molar-refractivity contribution >= 4 is 11.4 Å². The van der Waals surface area contributed by atoms with E-state index in [0.29, 0.717) is 24.6 Å². The number of hydrogen-bond acceptors (Lipinski definition) is 3. The van der Waals surface area contributed by atoms with Gasteiger partial charge in [0.2, 0.25) is 0 Å². The van der Waals surface area contributed by atoms with E-state index in [1.54, 1.807) is 17.0 Å². The highest BCUT2D eigenvalue weighted by atomic mass is 19.1. The Labute approximate surface area is 145 Å². The number of hydrogen-bond donors (Lipinski definition) is 0. The Hall–Kier alpha value is -2.76. The Kier molecular flexibility index (Phi) is 3.95. The fourth-order valence-corrected chi connectivity index (χ4v) is 3.61. The van der Waals surface area contributed by atoms with Crippen molar-refractivity contribution in [2.45, 2.75) is 25.7 Å². The minimum absolute atomic E-state index is 0.104. The molecule has 0 N–H and O–H groups in total. The Morgan fingerprint density at radius 1 is 1.20 bits per heavy atom. The van der Waals surface area contributed by atoms with Crippen LogP contribution in [0.4, 0.5) is 4.39 Å². The minimum Gasteiger partial charge on any atom is -0.339 e. The summed E-state index contributed by atoms with van der Waals surface area (Å²) in [7, 11) is 0. The normalized spacial score (nSPS) is 15.7. The van der Waals surface area contributed by atoms with Crippen LogP contribution in [-0.4, -0.2) is 38.3 Å². The van der Waals surface area contributed by atoms with Crippen LogP contribution >= 0.6 is 0 Å². The molecule has 3 aromatic rings. The Balaban J connectivity index is 1.51. The summed E-state index contributed by atoms with van der Waals surface area (Å²) in [6, 6.07) is 5.89. The van der Waals surface area contributed by atoms with E-state index in [0.717, 1.165) is 29.9 Å². The standard InChI is InChI=1S/C19H19FN4O/c1-13-22-11-17-10-21-12-18(24(13)17)14-5-7-23(8-6-14)19(25)15-3-2-4-16(20)9-15/h2-4,9-12,14H,5-8H2,1H3. The monoisotopic (exact) mass is 338 g/mol. The SMILES string of the molecule is Cc1ncc2cncc(C3CCN(C(=O)c4cccc(F)c4)CC3)n12. The number of amides is 1. The predicted octanol–water partition coefficient (Wildman–Crippen LogP) is 3.20. The fourth-order valence-electron chi connectivity index (χ4n) is 3.61. The second-order valence-corrected chi connectivity index (χ2v) is 6.47. The van der Waals surface area contributed by atoms with E-state index in [-0.39, 0.29) is 11.7 Å². The molecule has 1 amide bonds. The number of aryl methyl sites for hydroxylation is 1. The average molecular weight is 338 g/mol. The molecule has 6 heteroatoms. The number of imidazole rings is 1. The first-order valence-corrected chi connectivity index (χ1v) is 8.46. The van der Waals surface area contributed by atoms with Crippen molar-refractivity contribution in [3.8, 4) is 0 Å². The van der Waals surface area contributed by atoms with Gasteiger partial charge in [0.1, 0.15) is 11.6 Å². The van der Waals surface area contributed by atoms with Crippen molar-refractivity contribution < 1.29 is 9.18 Å². The van der Waals surface area contributed by atoms with Crippen LogP contribution in [0.2, 0.25) is 0 Å². The molecule has 1 fully saturated rings. The molecule has 2 aromatic heterocycles. The number of likely N-dealkylation sites (tertiary alicyclic amines) is 1. The number of benzene rings is 1. The maximum atomic E-state index is 13.3. The van der Waals surface area contributed by atoms with Gasteiger partial charge in [0.05, 0.1) is 17.9 Å². The summed E-state index contributed by atoms with van der Waals surface area (Å²) >= 11 is 0. The molecule has 0 saturated carbocycles. The number of rotatable bonds is 2. The largest absolute Gasteiger partial charge is 0.339 e. The molecule has 1 saturated heterocycles. The molecule has 0 spiro atoms. The van der Waals surface area contributed by atoms with Gasteiger partial charge in [0.15, 0.2) is 0 Å². The van der Waals surface area contributed by atoms with E-state index < -0.39 is 0 Å². The molecule has 1 aliphatic heterocycles. The van der Waals surface area contributed by atoms with Gasteiger partial charge in [-0.15, -0.1) is 0 Å². The molecule has 0 unspecified atom stereocenters. The van der Waals surface area contributed by atoms with Crippen molar-refractivity contribution in [2.24, 2.45) is 0 Å². The van der Waals surface area contributed by atoms with Gasteiger partial charge in [0.25, 0.3) is 5.91 Å². The molecule has 0 aliphatic carbocycles. The summed E-state index contributed by atoms with van der Waals surface area (Å²) in [4.78, 5) is 23.1. The van der Waals surface area contributed by atoms with Crippen LogP contribution in [0.3, 0.4) is 0 Å². The quantitative estimate of drug-likeness (QED) is 0.721. The van der Waals surface area contributed by atoms with Gasteiger partial charge in [-0.05, 0) is 38.0 Å². The number of piperidine rings is 1. The van der Waals surface area contributed by atoms with E-state index in [1.807, 2.05) is 25.5 Å². The Morgan fingerprint density at radius 2 is 2.00 bits per heavy atom. The lowest BCUT2D eigenvalue weighted by atomic mass is 9.93. The zero-order chi connectivity index (χ0) is 17.4. The number of fused-ring (bicyclic) bond motifs is 1. The zero-order valence-electron chi connectivity index (χ0n) is 14.0. The summed E-state index contributed by atoms with van der Waals surface area (Å²) < 4.78 is 15.5. The molecule has 1 aliphatic rings. The second-order valence-electron chi connectivity index (χ2n) is 6.47. The molecular weight excluding hydrogens is 319 g/mol. The summed E-state index contributed by atoms with van der Waals surface area (Å²) in [5.74, 6) is 0.800. The highest BCUT2D eigenvalue weighted by Crippen LogP contribution is 2.29. The van der Waals surface area contributed by atoms with E-state index >= 15 is 0 Å². The van der Waals surface area contributed by atoms with Gasteiger partial charge in [-0.3, -0.25) is 14.2 Å². The third kappa shape index (κ3) is 2.88. The lowest BCUT2D eigenvalue weighted by molar-refractivity contribution is 0.0711. The molecule has 3 heterocycles. The summed E-state index contributed by atoms with van der Waals surface area (Å²) in [5.41, 5.74) is 2.55. The molecule has 1 aromatic carbocycles. The average Bonchev–Trinajstić information content (AvgIpc) is 3.03. The van der Waals surface area contributed by atoms with E-state index in [9.17, 15) is 9.18 Å². The Bertz CT molecular complexity index is 928. The molecule has 5 nitrogen and oxygen atoms in total. The lowest BCUT2D eigenvalue weighted by Crippen LogP contribution is -2.38. The molecule has 0 atom stereocenters. The van der Waals surface area contributed by atoms with Crippen LogP contribution in [0.25, 0.3) is 5.52 Å². The number of nitrogens with zero attached hydrogens (tertiary/aromatic N) is 4. The number of halogens is 1.